The second kappa shape index (κ2) is 2.73. The lowest BCUT2D eigenvalue weighted by atomic mass is 10.1. The average Bonchev–Trinajstić information content (AvgIpc) is 2.88. The summed E-state index contributed by atoms with van der Waals surface area (Å²) in [6, 6.07) is 8.32. The number of aromatic amines is 2. The zero-order valence-electron chi connectivity index (χ0n) is 7.49. The van der Waals surface area contributed by atoms with Crippen LogP contribution < -0.4 is 0 Å². The Morgan fingerprint density at radius 3 is 2.93 bits per heavy atom. The first-order valence-corrected chi connectivity index (χ1v) is 4.50. The molecule has 3 heteroatoms. The van der Waals surface area contributed by atoms with Crippen molar-refractivity contribution in [2.24, 2.45) is 0 Å². The summed E-state index contributed by atoms with van der Waals surface area (Å²) in [5.74, 6) is 0. The first kappa shape index (κ1) is 7.38. The molecule has 2 N–H and O–H groups in total. The number of fused-ring (bicyclic) bond motifs is 1. The van der Waals surface area contributed by atoms with Gasteiger partial charge in [0.25, 0.3) is 0 Å². The molecular weight excluding hydrogens is 174 g/mol. The van der Waals surface area contributed by atoms with Crippen LogP contribution in [0.1, 0.15) is 0 Å². The van der Waals surface area contributed by atoms with Gasteiger partial charge in [0.05, 0.1) is 11.7 Å². The molecule has 0 atom stereocenters. The van der Waals surface area contributed by atoms with Crippen molar-refractivity contribution in [2.45, 2.75) is 0 Å². The number of nitrogens with zero attached hydrogens (tertiary/aromatic N) is 1. The number of hydrogen-bond donors (Lipinski definition) is 2. The maximum absolute atomic E-state index is 3.99. The van der Waals surface area contributed by atoms with Gasteiger partial charge in [-0.3, -0.25) is 5.10 Å². The molecule has 0 aliphatic rings. The molecule has 0 unspecified atom stereocenters. The smallest absolute Gasteiger partial charge is 0.0656 e. The van der Waals surface area contributed by atoms with Gasteiger partial charge in [0, 0.05) is 17.8 Å². The molecule has 14 heavy (non-hydrogen) atoms. The van der Waals surface area contributed by atoms with E-state index in [1.54, 1.807) is 0 Å². The molecule has 0 radical (unpaired) electrons. The third-order valence-electron chi connectivity index (χ3n) is 2.37. The number of aromatic nitrogens is 3. The molecule has 68 valence electrons. The van der Waals surface area contributed by atoms with E-state index in [0.717, 1.165) is 10.9 Å². The van der Waals surface area contributed by atoms with Crippen molar-refractivity contribution in [3.8, 4) is 11.1 Å². The van der Waals surface area contributed by atoms with Crippen molar-refractivity contribution in [1.29, 1.82) is 0 Å². The Hall–Kier alpha value is -2.03. The molecule has 0 amide bonds. The molecule has 0 aliphatic heterocycles. The summed E-state index contributed by atoms with van der Waals surface area (Å²) in [6.07, 6.45) is 5.74. The van der Waals surface area contributed by atoms with Gasteiger partial charge in [-0.15, -0.1) is 0 Å². The normalized spacial score (nSPS) is 10.9. The highest BCUT2D eigenvalue weighted by atomic mass is 15.1. The summed E-state index contributed by atoms with van der Waals surface area (Å²) in [5.41, 5.74) is 3.47. The Balaban J connectivity index is 2.23. The second-order valence-corrected chi connectivity index (χ2v) is 3.27. The van der Waals surface area contributed by atoms with Crippen LogP contribution in [0.15, 0.2) is 42.9 Å². The molecule has 3 aromatic rings. The van der Waals surface area contributed by atoms with Crippen molar-refractivity contribution < 1.29 is 0 Å². The lowest BCUT2D eigenvalue weighted by molar-refractivity contribution is 1.12. The third-order valence-corrected chi connectivity index (χ3v) is 2.37. The summed E-state index contributed by atoms with van der Waals surface area (Å²) < 4.78 is 0. The molecule has 0 fully saturated rings. The van der Waals surface area contributed by atoms with Crippen molar-refractivity contribution in [2.75, 3.05) is 0 Å². The van der Waals surface area contributed by atoms with Gasteiger partial charge >= 0.3 is 0 Å². The maximum Gasteiger partial charge on any atom is 0.0656 e. The van der Waals surface area contributed by atoms with E-state index in [2.05, 4.69) is 39.4 Å². The van der Waals surface area contributed by atoms with Crippen LogP contribution in [0.25, 0.3) is 22.0 Å². The van der Waals surface area contributed by atoms with E-state index in [4.69, 9.17) is 0 Å². The Morgan fingerprint density at radius 1 is 1.07 bits per heavy atom. The van der Waals surface area contributed by atoms with E-state index >= 15 is 0 Å². The van der Waals surface area contributed by atoms with Crippen molar-refractivity contribution in [1.82, 2.24) is 15.2 Å². The lowest BCUT2D eigenvalue weighted by Gasteiger charge is -1.96. The molecule has 3 nitrogen and oxygen atoms in total. The van der Waals surface area contributed by atoms with Crippen LogP contribution in [0.4, 0.5) is 0 Å². The highest BCUT2D eigenvalue weighted by molar-refractivity contribution is 5.83. The molecule has 0 bridgehead atoms. The van der Waals surface area contributed by atoms with Crippen molar-refractivity contribution >= 4 is 10.9 Å². The number of benzene rings is 1. The number of nitrogens with one attached hydrogen (secondary N) is 2. The number of H-pyrrole nitrogens is 2. The molecular formula is C11H9N3. The average molecular weight is 183 g/mol. The largest absolute Gasteiger partial charge is 0.367 e. The summed E-state index contributed by atoms with van der Waals surface area (Å²) in [7, 11) is 0. The predicted molar refractivity (Wildman–Crippen MR) is 55.9 cm³/mol. The van der Waals surface area contributed by atoms with Crippen LogP contribution in [-0.4, -0.2) is 15.2 Å². The fourth-order valence-corrected chi connectivity index (χ4v) is 1.62. The summed E-state index contributed by atoms with van der Waals surface area (Å²) in [4.78, 5) is 3.04. The van der Waals surface area contributed by atoms with Crippen LogP contribution in [0.3, 0.4) is 0 Å². The predicted octanol–water partition coefficient (Wildman–Crippen LogP) is 2.56. The highest BCUT2D eigenvalue weighted by Crippen LogP contribution is 2.22. The summed E-state index contributed by atoms with van der Waals surface area (Å²) in [5, 5.41) is 8.10. The van der Waals surface area contributed by atoms with Crippen LogP contribution in [0, 0.1) is 0 Å². The van der Waals surface area contributed by atoms with Gasteiger partial charge in [-0.2, -0.15) is 5.10 Å². The molecule has 0 aliphatic carbocycles. The first-order valence-electron chi connectivity index (χ1n) is 4.50. The molecule has 1 aromatic carbocycles. The first-order chi connectivity index (χ1) is 6.93. The van der Waals surface area contributed by atoms with E-state index in [0.29, 0.717) is 0 Å². The number of rotatable bonds is 1. The molecule has 0 saturated heterocycles. The topological polar surface area (TPSA) is 44.5 Å². The van der Waals surface area contributed by atoms with Crippen LogP contribution in [0.5, 0.6) is 0 Å². The quantitative estimate of drug-likeness (QED) is 0.598. The summed E-state index contributed by atoms with van der Waals surface area (Å²) in [6.45, 7) is 0. The van der Waals surface area contributed by atoms with E-state index in [9.17, 15) is 0 Å². The standard InChI is InChI=1S/C11H9N3/c1-2-10-7-13-14-11(10)5-8(1)9-3-4-12-6-9/h1-7,12H,(H,13,14). The van der Waals surface area contributed by atoms with E-state index < -0.39 is 0 Å². The minimum Gasteiger partial charge on any atom is -0.367 e. The minimum atomic E-state index is 1.07. The van der Waals surface area contributed by atoms with Crippen LogP contribution in [-0.2, 0) is 0 Å². The van der Waals surface area contributed by atoms with Crippen molar-refractivity contribution in [3.63, 3.8) is 0 Å². The van der Waals surface area contributed by atoms with Crippen LogP contribution in [0.2, 0.25) is 0 Å². The van der Waals surface area contributed by atoms with Crippen molar-refractivity contribution in [3.05, 3.63) is 42.9 Å². The number of hydrogen-bond acceptors (Lipinski definition) is 1. The maximum atomic E-state index is 3.99. The van der Waals surface area contributed by atoms with Gasteiger partial charge in [-0.05, 0) is 23.3 Å². The zero-order chi connectivity index (χ0) is 9.38. The molecule has 3 rings (SSSR count). The molecule has 0 spiro atoms. The lowest BCUT2D eigenvalue weighted by Crippen LogP contribution is -1.74. The van der Waals surface area contributed by atoms with Gasteiger partial charge in [0.15, 0.2) is 0 Å². The minimum absolute atomic E-state index is 1.07. The Bertz CT molecular complexity index is 549. The molecule has 2 aromatic heterocycles. The van der Waals surface area contributed by atoms with Gasteiger partial charge in [0.1, 0.15) is 0 Å². The molecule has 2 heterocycles. The highest BCUT2D eigenvalue weighted by Gasteiger charge is 2.00. The summed E-state index contributed by atoms with van der Waals surface area (Å²) >= 11 is 0. The van der Waals surface area contributed by atoms with Gasteiger partial charge in [-0.1, -0.05) is 12.1 Å². The van der Waals surface area contributed by atoms with E-state index in [1.165, 1.54) is 11.1 Å². The monoisotopic (exact) mass is 183 g/mol. The Labute approximate surface area is 80.8 Å². The van der Waals surface area contributed by atoms with Gasteiger partial charge in [0.2, 0.25) is 0 Å². The molecule has 0 saturated carbocycles. The fourth-order valence-electron chi connectivity index (χ4n) is 1.62. The SMILES string of the molecule is c1cc(-c2ccc3cn[nH]c3c2)c[nH]1. The van der Waals surface area contributed by atoms with E-state index in [1.807, 2.05) is 18.6 Å². The van der Waals surface area contributed by atoms with E-state index in [-0.39, 0.29) is 0 Å². The Kier molecular flexibility index (Phi) is 1.44. The van der Waals surface area contributed by atoms with Gasteiger partial charge < -0.3 is 4.98 Å². The van der Waals surface area contributed by atoms with Crippen LogP contribution >= 0.6 is 0 Å². The Morgan fingerprint density at radius 2 is 2.07 bits per heavy atom. The zero-order valence-corrected chi connectivity index (χ0v) is 7.49. The third kappa shape index (κ3) is 1.03. The second-order valence-electron chi connectivity index (χ2n) is 3.27. The fraction of sp³-hybridized carbons (Fsp3) is 0. The van der Waals surface area contributed by atoms with Gasteiger partial charge in [-0.25, -0.2) is 0 Å².